The summed E-state index contributed by atoms with van der Waals surface area (Å²) in [5.41, 5.74) is 1.11. The van der Waals surface area contributed by atoms with Gasteiger partial charge in [-0.1, -0.05) is 6.92 Å². The Morgan fingerprint density at radius 3 is 2.48 bits per heavy atom. The van der Waals surface area contributed by atoms with Crippen LogP contribution in [0.15, 0.2) is 24.3 Å². The van der Waals surface area contributed by atoms with E-state index in [0.29, 0.717) is 6.54 Å². The number of nitro groups is 1. The third kappa shape index (κ3) is 4.92. The second kappa shape index (κ2) is 7.92. The third-order valence-electron chi connectivity index (χ3n) is 4.33. The topological polar surface area (TPSA) is 79.9 Å². The number of amides is 1. The molecule has 7 nitrogen and oxygen atoms in total. The molecule has 1 fully saturated rings. The lowest BCUT2D eigenvalue weighted by Gasteiger charge is -2.33. The number of piperazine rings is 1. The average Bonchev–Trinajstić information content (AvgIpc) is 2.55. The number of carbonyl (C=O) groups excluding carboxylic acids is 1. The highest BCUT2D eigenvalue weighted by molar-refractivity contribution is 5.77. The molecule has 1 aromatic rings. The first kappa shape index (κ1) is 17.2. The molecule has 2 rings (SSSR count). The first-order valence-corrected chi connectivity index (χ1v) is 8.12. The summed E-state index contributed by atoms with van der Waals surface area (Å²) in [4.78, 5) is 25.7. The Hall–Kier alpha value is -2.15. The second-order valence-corrected chi connectivity index (χ2v) is 6.06. The summed E-state index contributed by atoms with van der Waals surface area (Å²) in [6.45, 7) is 8.07. The van der Waals surface area contributed by atoms with Gasteiger partial charge in [0.1, 0.15) is 0 Å². The largest absolute Gasteiger partial charge is 0.360 e. The number of benzene rings is 1. The van der Waals surface area contributed by atoms with Crippen LogP contribution >= 0.6 is 0 Å². The minimum atomic E-state index is -0.387. The maximum absolute atomic E-state index is 11.9. The predicted molar refractivity (Wildman–Crippen MR) is 88.8 cm³/mol. The van der Waals surface area contributed by atoms with Crippen molar-refractivity contribution in [3.8, 4) is 0 Å². The van der Waals surface area contributed by atoms with Gasteiger partial charge in [-0.15, -0.1) is 0 Å². The van der Waals surface area contributed by atoms with Gasteiger partial charge in [0.25, 0.3) is 11.6 Å². The van der Waals surface area contributed by atoms with E-state index in [1.165, 1.54) is 17.0 Å². The molecule has 1 saturated heterocycles. The average molecular weight is 321 g/mol. The molecule has 1 heterocycles. The maximum Gasteiger partial charge on any atom is 0.275 e. The van der Waals surface area contributed by atoms with Gasteiger partial charge in [-0.2, -0.15) is 0 Å². The van der Waals surface area contributed by atoms with Crippen LogP contribution < -0.4 is 15.1 Å². The van der Waals surface area contributed by atoms with E-state index < -0.39 is 0 Å². The fourth-order valence-electron chi connectivity index (χ4n) is 2.70. The maximum atomic E-state index is 11.9. The predicted octanol–water partition coefficient (Wildman–Crippen LogP) is 0.214. The van der Waals surface area contributed by atoms with E-state index in [0.717, 1.165) is 38.3 Å². The number of carbonyl (C=O) groups is 1. The first-order valence-electron chi connectivity index (χ1n) is 8.12. The molecular weight excluding hydrogens is 296 g/mol. The monoisotopic (exact) mass is 321 g/mol. The Morgan fingerprint density at radius 1 is 1.35 bits per heavy atom. The van der Waals surface area contributed by atoms with E-state index in [1.54, 1.807) is 12.1 Å². The van der Waals surface area contributed by atoms with Gasteiger partial charge in [0.2, 0.25) is 0 Å². The van der Waals surface area contributed by atoms with Gasteiger partial charge in [-0.25, -0.2) is 0 Å². The molecule has 0 unspecified atom stereocenters. The number of hydrogen-bond donors (Lipinski definition) is 2. The number of hydrogen-bond acceptors (Lipinski definition) is 4. The van der Waals surface area contributed by atoms with Crippen LogP contribution in [0.5, 0.6) is 0 Å². The zero-order valence-electron chi connectivity index (χ0n) is 13.7. The quantitative estimate of drug-likeness (QED) is 0.580. The van der Waals surface area contributed by atoms with Gasteiger partial charge in [-0.3, -0.25) is 14.9 Å². The molecule has 1 amide bonds. The number of nitro benzene ring substituents is 1. The summed E-state index contributed by atoms with van der Waals surface area (Å²) in [6.07, 6.45) is 0.939. The number of nitrogens with one attached hydrogen (secondary N) is 2. The van der Waals surface area contributed by atoms with Crippen LogP contribution in [-0.2, 0) is 4.79 Å². The zero-order valence-corrected chi connectivity index (χ0v) is 13.7. The molecule has 1 atom stereocenters. The molecule has 0 aliphatic carbocycles. The zero-order chi connectivity index (χ0) is 16.8. The first-order chi connectivity index (χ1) is 11.0. The van der Waals surface area contributed by atoms with E-state index >= 15 is 0 Å². The Balaban J connectivity index is 1.81. The fourth-order valence-corrected chi connectivity index (χ4v) is 2.70. The number of anilines is 1. The second-order valence-electron chi connectivity index (χ2n) is 6.06. The number of quaternary nitrogens is 1. The van der Waals surface area contributed by atoms with Crippen molar-refractivity contribution in [2.75, 3.05) is 37.6 Å². The number of non-ortho nitro benzene ring substituents is 1. The normalized spacial score (nSPS) is 16.9. The standard InChI is InChI=1S/C16H24N4O3/c1-3-13(2)17-16(21)12-18-8-10-19(11-9-18)14-4-6-15(7-5-14)20(22)23/h4-7,13H,3,8-12H2,1-2H3,(H,17,21)/p+1/t13-/m1/s1. The summed E-state index contributed by atoms with van der Waals surface area (Å²) in [5, 5.41) is 13.7. The summed E-state index contributed by atoms with van der Waals surface area (Å²) in [7, 11) is 0. The summed E-state index contributed by atoms with van der Waals surface area (Å²) >= 11 is 0. The van der Waals surface area contributed by atoms with Gasteiger partial charge in [-0.05, 0) is 25.5 Å². The van der Waals surface area contributed by atoms with Gasteiger partial charge in [0.05, 0.1) is 31.1 Å². The highest BCUT2D eigenvalue weighted by Gasteiger charge is 2.23. The van der Waals surface area contributed by atoms with Crippen LogP contribution in [0.3, 0.4) is 0 Å². The Bertz CT molecular complexity index is 539. The smallest absolute Gasteiger partial charge is 0.275 e. The number of rotatable bonds is 6. The summed E-state index contributed by atoms with van der Waals surface area (Å²) in [6, 6.07) is 6.88. The molecule has 1 aliphatic rings. The van der Waals surface area contributed by atoms with Crippen molar-refractivity contribution >= 4 is 17.3 Å². The lowest BCUT2D eigenvalue weighted by molar-refractivity contribution is -0.892. The Morgan fingerprint density at radius 2 is 1.96 bits per heavy atom. The van der Waals surface area contributed by atoms with Crippen LogP contribution in [-0.4, -0.2) is 49.6 Å². The van der Waals surface area contributed by atoms with Crippen LogP contribution in [0, 0.1) is 10.1 Å². The molecule has 1 aliphatic heterocycles. The van der Waals surface area contributed by atoms with Crippen LogP contribution in [0.4, 0.5) is 11.4 Å². The molecule has 0 bridgehead atoms. The van der Waals surface area contributed by atoms with Crippen LogP contribution in [0.1, 0.15) is 20.3 Å². The van der Waals surface area contributed by atoms with Crippen molar-refractivity contribution < 1.29 is 14.6 Å². The molecule has 0 saturated carbocycles. The van der Waals surface area contributed by atoms with Crippen molar-refractivity contribution in [3.05, 3.63) is 34.4 Å². The Labute approximate surface area is 136 Å². The highest BCUT2D eigenvalue weighted by Crippen LogP contribution is 2.19. The number of nitrogens with zero attached hydrogens (tertiary/aromatic N) is 2. The minimum Gasteiger partial charge on any atom is -0.360 e. The van der Waals surface area contributed by atoms with E-state index in [9.17, 15) is 14.9 Å². The SMILES string of the molecule is CC[C@@H](C)NC(=O)C[NH+]1CCN(c2ccc([N+](=O)[O-])cc2)CC1. The van der Waals surface area contributed by atoms with E-state index in [2.05, 4.69) is 17.1 Å². The van der Waals surface area contributed by atoms with Crippen LogP contribution in [0.2, 0.25) is 0 Å². The van der Waals surface area contributed by atoms with Crippen molar-refractivity contribution in [1.29, 1.82) is 0 Å². The molecule has 1 aromatic carbocycles. The minimum absolute atomic E-state index is 0.109. The van der Waals surface area contributed by atoms with Gasteiger partial charge in [0.15, 0.2) is 6.54 Å². The van der Waals surface area contributed by atoms with Crippen molar-refractivity contribution in [1.82, 2.24) is 5.32 Å². The molecule has 126 valence electrons. The Kier molecular flexibility index (Phi) is 5.92. The molecule has 0 radical (unpaired) electrons. The van der Waals surface area contributed by atoms with E-state index in [1.807, 2.05) is 6.92 Å². The fraction of sp³-hybridized carbons (Fsp3) is 0.562. The molecule has 2 N–H and O–H groups in total. The van der Waals surface area contributed by atoms with Crippen molar-refractivity contribution in [2.45, 2.75) is 26.3 Å². The molecule has 0 spiro atoms. The summed E-state index contributed by atoms with van der Waals surface area (Å²) in [5.74, 6) is 0.109. The summed E-state index contributed by atoms with van der Waals surface area (Å²) < 4.78 is 0. The van der Waals surface area contributed by atoms with E-state index in [4.69, 9.17) is 0 Å². The van der Waals surface area contributed by atoms with Gasteiger partial charge < -0.3 is 15.1 Å². The highest BCUT2D eigenvalue weighted by atomic mass is 16.6. The lowest BCUT2D eigenvalue weighted by Crippen LogP contribution is -3.16. The molecule has 7 heteroatoms. The van der Waals surface area contributed by atoms with Gasteiger partial charge >= 0.3 is 0 Å². The van der Waals surface area contributed by atoms with Gasteiger partial charge in [0, 0.05) is 23.9 Å². The van der Waals surface area contributed by atoms with E-state index in [-0.39, 0.29) is 22.6 Å². The van der Waals surface area contributed by atoms with Crippen molar-refractivity contribution in [2.24, 2.45) is 0 Å². The molecule has 23 heavy (non-hydrogen) atoms. The molecular formula is C16H25N4O3+. The lowest BCUT2D eigenvalue weighted by atomic mass is 10.2. The third-order valence-corrected chi connectivity index (χ3v) is 4.33. The van der Waals surface area contributed by atoms with Crippen molar-refractivity contribution in [3.63, 3.8) is 0 Å². The molecule has 0 aromatic heterocycles. The van der Waals surface area contributed by atoms with Crippen LogP contribution in [0.25, 0.3) is 0 Å².